The number of rotatable bonds is 2. The molecular weight excluding hydrogens is 595 g/mol. The van der Waals surface area contributed by atoms with Crippen LogP contribution in [0.1, 0.15) is 23.9 Å². The van der Waals surface area contributed by atoms with Gasteiger partial charge in [-0.25, -0.2) is 27.9 Å². The lowest BCUT2D eigenvalue weighted by Gasteiger charge is -2.54. The molecule has 1 aromatic heterocycles. The summed E-state index contributed by atoms with van der Waals surface area (Å²) >= 11 is 26.4. The fraction of sp³-hybridized carbons (Fsp3) is 0.231. The number of halogens is 5. The van der Waals surface area contributed by atoms with E-state index in [1.807, 2.05) is 0 Å². The number of phenols is 1. The van der Waals surface area contributed by atoms with E-state index in [2.05, 4.69) is 0 Å². The normalized spacial score (nSPS) is 28.1. The minimum absolute atomic E-state index is 0.0917. The number of nitrogens with zero attached hydrogens (tertiary/aromatic N) is 3. The highest BCUT2D eigenvalue weighted by Crippen LogP contribution is 2.63. The maximum atomic E-state index is 14.6. The van der Waals surface area contributed by atoms with Gasteiger partial charge in [-0.3, -0.25) is 9.59 Å². The number of para-hydroxylation sites is 1. The number of aromatic hydroxyl groups is 1. The molecule has 0 spiro atoms. The lowest BCUT2D eigenvalue weighted by atomic mass is 9.59. The average Bonchev–Trinajstić information content (AvgIpc) is 3.18. The molecule has 3 aliphatic rings. The van der Waals surface area contributed by atoms with E-state index in [1.54, 1.807) is 36.4 Å². The molecule has 0 amide bonds. The molecule has 3 aromatic rings. The first-order valence-corrected chi connectivity index (χ1v) is 13.2. The van der Waals surface area contributed by atoms with Crippen LogP contribution in [-0.4, -0.2) is 40.4 Å². The summed E-state index contributed by atoms with van der Waals surface area (Å²) < 4.78 is 17.9. The monoisotopic (exact) mass is 609 g/mol. The molecule has 2 aliphatic carbocycles. The number of allylic oxidation sites excluding steroid dienone is 4. The van der Waals surface area contributed by atoms with E-state index in [0.29, 0.717) is 11.3 Å². The van der Waals surface area contributed by atoms with Crippen molar-refractivity contribution in [3.05, 3.63) is 103 Å². The molecule has 4 atom stereocenters. The summed E-state index contributed by atoms with van der Waals surface area (Å²) in [6, 6.07) is 10.6. The van der Waals surface area contributed by atoms with Crippen LogP contribution in [0.25, 0.3) is 5.69 Å². The molecule has 0 radical (unpaired) electrons. The number of aromatic nitrogens is 3. The van der Waals surface area contributed by atoms with Crippen molar-refractivity contribution >= 4 is 58.0 Å². The molecule has 1 aliphatic heterocycles. The standard InChI is InChI=1S/C26H16Cl4FN3O5/c27-19-20(28)22(37)26(30)18(12-6-7-17(35)15(31)10-12)14-8-9-32-23(38)33(13-4-2-1-3-5-13)24(39)34(32)16(14)11-25(26,29)21(19)36/h1-8,10,16,18,35H,9,11H2/t16-,18+,25-,26+/m1/s1. The van der Waals surface area contributed by atoms with Gasteiger partial charge < -0.3 is 5.11 Å². The van der Waals surface area contributed by atoms with Crippen molar-refractivity contribution in [1.29, 1.82) is 0 Å². The fourth-order valence-corrected chi connectivity index (χ4v) is 7.37. The molecule has 6 rings (SSSR count). The minimum Gasteiger partial charge on any atom is -0.505 e. The van der Waals surface area contributed by atoms with E-state index >= 15 is 0 Å². The molecule has 1 N–H and O–H groups in total. The number of alkyl halides is 2. The van der Waals surface area contributed by atoms with Gasteiger partial charge in [0.2, 0.25) is 0 Å². The van der Waals surface area contributed by atoms with E-state index in [-0.39, 0.29) is 12.1 Å². The highest BCUT2D eigenvalue weighted by Gasteiger charge is 2.71. The summed E-state index contributed by atoms with van der Waals surface area (Å²) in [4.78, 5) is 49.8. The Kier molecular flexibility index (Phi) is 5.83. The summed E-state index contributed by atoms with van der Waals surface area (Å²) in [5.74, 6) is -4.84. The number of carbonyl (C=O) groups excluding carboxylic acids is 2. The zero-order valence-electron chi connectivity index (χ0n) is 19.6. The van der Waals surface area contributed by atoms with Crippen molar-refractivity contribution in [3.63, 3.8) is 0 Å². The Morgan fingerprint density at radius 3 is 2.26 bits per heavy atom. The van der Waals surface area contributed by atoms with Crippen LogP contribution in [0, 0.1) is 5.82 Å². The molecule has 8 nitrogen and oxygen atoms in total. The number of phenolic OH excluding ortho intramolecular Hbond substituents is 1. The van der Waals surface area contributed by atoms with E-state index in [4.69, 9.17) is 46.4 Å². The van der Waals surface area contributed by atoms with Crippen molar-refractivity contribution in [2.24, 2.45) is 0 Å². The van der Waals surface area contributed by atoms with E-state index in [0.717, 1.165) is 16.7 Å². The van der Waals surface area contributed by atoms with Gasteiger partial charge in [0, 0.05) is 12.3 Å². The number of ketones is 2. The summed E-state index contributed by atoms with van der Waals surface area (Å²) in [5, 5.41) is 8.57. The highest BCUT2D eigenvalue weighted by molar-refractivity contribution is 6.66. The second-order valence-electron chi connectivity index (χ2n) is 9.53. The van der Waals surface area contributed by atoms with Gasteiger partial charge in [-0.1, -0.05) is 53.5 Å². The molecule has 39 heavy (non-hydrogen) atoms. The van der Waals surface area contributed by atoms with Crippen molar-refractivity contribution in [1.82, 2.24) is 13.9 Å². The first-order chi connectivity index (χ1) is 18.4. The molecule has 2 heterocycles. The first kappa shape index (κ1) is 26.1. The quantitative estimate of drug-likeness (QED) is 0.347. The summed E-state index contributed by atoms with van der Waals surface area (Å²) in [7, 11) is 0. The first-order valence-electron chi connectivity index (χ1n) is 11.6. The van der Waals surface area contributed by atoms with Crippen LogP contribution in [-0.2, 0) is 16.1 Å². The molecular formula is C26H16Cl4FN3O5. The maximum Gasteiger partial charge on any atom is 0.352 e. The zero-order chi connectivity index (χ0) is 28.0. The van der Waals surface area contributed by atoms with Crippen molar-refractivity contribution in [3.8, 4) is 11.4 Å². The van der Waals surface area contributed by atoms with Gasteiger partial charge in [0.25, 0.3) is 0 Å². The molecule has 200 valence electrons. The van der Waals surface area contributed by atoms with Crippen LogP contribution in [0.3, 0.4) is 0 Å². The Bertz CT molecular complexity index is 1790. The number of hydrogen-bond acceptors (Lipinski definition) is 5. The highest BCUT2D eigenvalue weighted by atomic mass is 35.5. The lowest BCUT2D eigenvalue weighted by molar-refractivity contribution is -0.128. The van der Waals surface area contributed by atoms with Crippen LogP contribution >= 0.6 is 46.4 Å². The Balaban J connectivity index is 1.65. The molecule has 0 bridgehead atoms. The molecule has 1 saturated carbocycles. The Morgan fingerprint density at radius 2 is 1.59 bits per heavy atom. The number of Topliss-reactive ketones (excluding diaryl/α,β-unsaturated/α-hetero) is 2. The molecule has 13 heteroatoms. The minimum atomic E-state index is -2.28. The number of carbonyl (C=O) groups is 2. The van der Waals surface area contributed by atoms with Crippen LogP contribution in [0.15, 0.2) is 79.8 Å². The smallest absolute Gasteiger partial charge is 0.352 e. The van der Waals surface area contributed by atoms with Gasteiger partial charge in [0.05, 0.1) is 18.3 Å². The SMILES string of the molecule is O=C1C(Cl)=C(Cl)C(=O)[C@@]2(Cl)[C@@H](c3ccc(O)c(F)c3)C3=CCn4c(=O)n(-c5ccccc5)c(=O)n4[C@@H]3C[C@@]12Cl. The van der Waals surface area contributed by atoms with Crippen molar-refractivity contribution in [2.75, 3.05) is 0 Å². The molecule has 0 unspecified atom stereocenters. The van der Waals surface area contributed by atoms with Crippen LogP contribution < -0.4 is 11.4 Å². The van der Waals surface area contributed by atoms with Crippen LogP contribution in [0.4, 0.5) is 4.39 Å². The Labute approximate surface area is 239 Å². The van der Waals surface area contributed by atoms with Gasteiger partial charge in [-0.05, 0) is 35.4 Å². The van der Waals surface area contributed by atoms with Crippen molar-refractivity contribution in [2.45, 2.75) is 34.7 Å². The predicted octanol–water partition coefficient (Wildman–Crippen LogP) is 4.11. The molecule has 2 aromatic carbocycles. The van der Waals surface area contributed by atoms with E-state index in [9.17, 15) is 28.7 Å². The Hall–Kier alpha value is -3.11. The topological polar surface area (TPSA) is 103 Å². The third-order valence-electron chi connectivity index (χ3n) is 7.62. The van der Waals surface area contributed by atoms with Crippen LogP contribution in [0.2, 0.25) is 0 Å². The third-order valence-corrected chi connectivity index (χ3v) is 9.87. The number of benzene rings is 2. The van der Waals surface area contributed by atoms with Gasteiger partial charge in [-0.2, -0.15) is 0 Å². The lowest BCUT2D eigenvalue weighted by Crippen LogP contribution is -2.67. The van der Waals surface area contributed by atoms with Crippen molar-refractivity contribution < 1.29 is 19.1 Å². The predicted molar refractivity (Wildman–Crippen MR) is 143 cm³/mol. The van der Waals surface area contributed by atoms with Gasteiger partial charge >= 0.3 is 11.4 Å². The summed E-state index contributed by atoms with van der Waals surface area (Å²) in [6.45, 7) is -0.0917. The fourth-order valence-electron chi connectivity index (χ4n) is 5.84. The van der Waals surface area contributed by atoms with Crippen LogP contribution in [0.5, 0.6) is 5.75 Å². The summed E-state index contributed by atoms with van der Waals surface area (Å²) in [6.07, 6.45) is 1.20. The zero-order valence-corrected chi connectivity index (χ0v) is 22.6. The average molecular weight is 611 g/mol. The van der Waals surface area contributed by atoms with E-state index in [1.165, 1.54) is 15.4 Å². The maximum absolute atomic E-state index is 14.6. The summed E-state index contributed by atoms with van der Waals surface area (Å²) in [5.41, 5.74) is -0.579. The van der Waals surface area contributed by atoms with Gasteiger partial charge in [-0.15, -0.1) is 23.2 Å². The van der Waals surface area contributed by atoms with E-state index < -0.39 is 72.7 Å². The largest absolute Gasteiger partial charge is 0.505 e. The number of hydrogen-bond donors (Lipinski definition) is 1. The molecule has 0 saturated heterocycles. The van der Waals surface area contributed by atoms with Gasteiger partial charge in [0.15, 0.2) is 23.1 Å². The van der Waals surface area contributed by atoms with Gasteiger partial charge in [0.1, 0.15) is 19.8 Å². The molecule has 1 fully saturated rings. The Morgan fingerprint density at radius 1 is 0.923 bits per heavy atom. The number of fused-ring (bicyclic) bond motifs is 4. The third kappa shape index (κ3) is 3.30. The second kappa shape index (κ2) is 8.69. The second-order valence-corrected chi connectivity index (χ2v) is 11.5.